The van der Waals surface area contributed by atoms with Gasteiger partial charge in [0, 0.05) is 43.7 Å². The number of likely N-dealkylation sites (tertiary alicyclic amines) is 1. The second-order valence-corrected chi connectivity index (χ2v) is 4.88. The first-order valence-electron chi connectivity index (χ1n) is 4.94. The van der Waals surface area contributed by atoms with Crippen LogP contribution in [0.5, 0.6) is 0 Å². The number of likely N-dealkylation sites (N-methyl/N-ethyl adjacent to an activating group) is 1. The van der Waals surface area contributed by atoms with Gasteiger partial charge in [0.2, 0.25) is 0 Å². The van der Waals surface area contributed by atoms with Crippen molar-refractivity contribution >= 4 is 11.8 Å². The van der Waals surface area contributed by atoms with Crippen LogP contribution in [0.15, 0.2) is 0 Å². The Labute approximate surface area is 79.3 Å². The first-order valence-corrected chi connectivity index (χ1v) is 6.09. The Morgan fingerprint density at radius 2 is 1.92 bits per heavy atom. The van der Waals surface area contributed by atoms with Crippen LogP contribution in [0.25, 0.3) is 0 Å². The molecule has 2 rings (SSSR count). The van der Waals surface area contributed by atoms with E-state index >= 15 is 0 Å². The second kappa shape index (κ2) is 3.99. The fourth-order valence-corrected chi connectivity index (χ4v) is 2.91. The van der Waals surface area contributed by atoms with Gasteiger partial charge >= 0.3 is 0 Å². The van der Waals surface area contributed by atoms with E-state index in [-0.39, 0.29) is 0 Å². The molecule has 0 aromatic carbocycles. The zero-order valence-corrected chi connectivity index (χ0v) is 8.65. The summed E-state index contributed by atoms with van der Waals surface area (Å²) in [6.45, 7) is 8.78. The number of rotatable bonds is 2. The third-order valence-electron chi connectivity index (χ3n) is 2.95. The average molecular weight is 186 g/mol. The smallest absolute Gasteiger partial charge is 0.0351 e. The summed E-state index contributed by atoms with van der Waals surface area (Å²) in [6.07, 6.45) is 0. The Kier molecular flexibility index (Phi) is 2.94. The molecule has 0 saturated carbocycles. The molecule has 0 N–H and O–H groups in total. The van der Waals surface area contributed by atoms with Crippen molar-refractivity contribution in [2.45, 2.75) is 13.0 Å². The molecule has 12 heavy (non-hydrogen) atoms. The Morgan fingerprint density at radius 1 is 1.25 bits per heavy atom. The SMILES string of the molecule is CCN1CC(N2CCSCC2)C1. The van der Waals surface area contributed by atoms with Crippen LogP contribution in [0.2, 0.25) is 0 Å². The van der Waals surface area contributed by atoms with Gasteiger partial charge in [0.05, 0.1) is 0 Å². The minimum absolute atomic E-state index is 0.894. The van der Waals surface area contributed by atoms with Gasteiger partial charge in [0.15, 0.2) is 0 Å². The van der Waals surface area contributed by atoms with Gasteiger partial charge in [-0.25, -0.2) is 0 Å². The maximum atomic E-state index is 2.67. The molecule has 2 heterocycles. The van der Waals surface area contributed by atoms with E-state index in [9.17, 15) is 0 Å². The number of thioether (sulfide) groups is 1. The van der Waals surface area contributed by atoms with Gasteiger partial charge in [-0.1, -0.05) is 6.92 Å². The molecule has 0 bridgehead atoms. The molecular weight excluding hydrogens is 168 g/mol. The Morgan fingerprint density at radius 3 is 2.50 bits per heavy atom. The van der Waals surface area contributed by atoms with Crippen LogP contribution in [-0.2, 0) is 0 Å². The van der Waals surface area contributed by atoms with Gasteiger partial charge in [-0.15, -0.1) is 0 Å². The fraction of sp³-hybridized carbons (Fsp3) is 1.00. The van der Waals surface area contributed by atoms with Gasteiger partial charge in [0.25, 0.3) is 0 Å². The van der Waals surface area contributed by atoms with E-state index in [1.54, 1.807) is 0 Å². The summed E-state index contributed by atoms with van der Waals surface area (Å²) in [5, 5.41) is 0. The van der Waals surface area contributed by atoms with Gasteiger partial charge in [-0.2, -0.15) is 11.8 Å². The van der Waals surface area contributed by atoms with Gasteiger partial charge < -0.3 is 4.90 Å². The molecule has 2 fully saturated rings. The molecule has 0 unspecified atom stereocenters. The molecule has 2 aliphatic heterocycles. The lowest BCUT2D eigenvalue weighted by molar-refractivity contribution is 0.0440. The van der Waals surface area contributed by atoms with Crippen molar-refractivity contribution in [3.63, 3.8) is 0 Å². The number of hydrogen-bond donors (Lipinski definition) is 0. The molecule has 2 aliphatic rings. The second-order valence-electron chi connectivity index (χ2n) is 3.65. The average Bonchev–Trinajstić information content (AvgIpc) is 2.04. The standard InChI is InChI=1S/C9H18N2S/c1-2-10-7-9(8-10)11-3-5-12-6-4-11/h9H,2-8H2,1H3. The molecule has 0 radical (unpaired) electrons. The van der Waals surface area contributed by atoms with Crippen molar-refractivity contribution in [2.24, 2.45) is 0 Å². The number of nitrogens with zero attached hydrogens (tertiary/aromatic N) is 2. The van der Waals surface area contributed by atoms with E-state index < -0.39 is 0 Å². The summed E-state index contributed by atoms with van der Waals surface area (Å²) < 4.78 is 0. The van der Waals surface area contributed by atoms with Crippen LogP contribution < -0.4 is 0 Å². The van der Waals surface area contributed by atoms with E-state index in [1.165, 1.54) is 44.2 Å². The third kappa shape index (κ3) is 1.78. The van der Waals surface area contributed by atoms with Crippen molar-refractivity contribution in [3.05, 3.63) is 0 Å². The summed E-state index contributed by atoms with van der Waals surface area (Å²) in [5.41, 5.74) is 0. The van der Waals surface area contributed by atoms with Crippen molar-refractivity contribution in [3.8, 4) is 0 Å². The molecule has 3 heteroatoms. The summed E-state index contributed by atoms with van der Waals surface area (Å²) in [6, 6.07) is 0.894. The predicted molar refractivity (Wildman–Crippen MR) is 54.8 cm³/mol. The monoisotopic (exact) mass is 186 g/mol. The maximum Gasteiger partial charge on any atom is 0.0351 e. The maximum absolute atomic E-state index is 2.67. The van der Waals surface area contributed by atoms with Crippen LogP contribution >= 0.6 is 11.8 Å². The minimum Gasteiger partial charge on any atom is -0.300 e. The molecule has 0 amide bonds. The van der Waals surface area contributed by atoms with Crippen LogP contribution in [0.1, 0.15) is 6.92 Å². The van der Waals surface area contributed by atoms with E-state index in [1.807, 2.05) is 0 Å². The molecule has 0 aromatic heterocycles. The Bertz CT molecular complexity index is 139. The molecule has 0 aromatic rings. The van der Waals surface area contributed by atoms with Gasteiger partial charge in [-0.3, -0.25) is 4.90 Å². The zero-order valence-electron chi connectivity index (χ0n) is 7.83. The first-order chi connectivity index (χ1) is 5.90. The summed E-state index contributed by atoms with van der Waals surface area (Å²) in [7, 11) is 0. The quantitative estimate of drug-likeness (QED) is 0.628. The largest absolute Gasteiger partial charge is 0.300 e. The summed E-state index contributed by atoms with van der Waals surface area (Å²) in [4.78, 5) is 5.19. The Hall–Kier alpha value is 0.270. The van der Waals surface area contributed by atoms with Crippen LogP contribution in [0.4, 0.5) is 0 Å². The predicted octanol–water partition coefficient (Wildman–Crippen LogP) is 0.739. The van der Waals surface area contributed by atoms with Crippen molar-refractivity contribution < 1.29 is 0 Å². The van der Waals surface area contributed by atoms with Gasteiger partial charge in [0.1, 0.15) is 0 Å². The molecule has 70 valence electrons. The van der Waals surface area contributed by atoms with E-state index in [0.29, 0.717) is 0 Å². The van der Waals surface area contributed by atoms with Crippen molar-refractivity contribution in [1.29, 1.82) is 0 Å². The normalized spacial score (nSPS) is 28.8. The van der Waals surface area contributed by atoms with Crippen LogP contribution in [0.3, 0.4) is 0 Å². The molecular formula is C9H18N2S. The van der Waals surface area contributed by atoms with E-state index in [2.05, 4.69) is 28.5 Å². The summed E-state index contributed by atoms with van der Waals surface area (Å²) >= 11 is 2.10. The lowest BCUT2D eigenvalue weighted by atomic mass is 10.1. The zero-order chi connectivity index (χ0) is 8.39. The minimum atomic E-state index is 0.894. The topological polar surface area (TPSA) is 6.48 Å². The van der Waals surface area contributed by atoms with E-state index in [0.717, 1.165) is 6.04 Å². The summed E-state index contributed by atoms with van der Waals surface area (Å²) in [5.74, 6) is 2.70. The van der Waals surface area contributed by atoms with Crippen LogP contribution in [-0.4, -0.2) is 60.1 Å². The van der Waals surface area contributed by atoms with Gasteiger partial charge in [-0.05, 0) is 6.54 Å². The molecule has 0 atom stereocenters. The molecule has 0 spiro atoms. The molecule has 0 aliphatic carbocycles. The highest BCUT2D eigenvalue weighted by atomic mass is 32.2. The molecule has 2 nitrogen and oxygen atoms in total. The first kappa shape index (κ1) is 8.85. The van der Waals surface area contributed by atoms with Crippen molar-refractivity contribution in [2.75, 3.05) is 44.2 Å². The lowest BCUT2D eigenvalue weighted by Crippen LogP contribution is -2.60. The highest BCUT2D eigenvalue weighted by Gasteiger charge is 2.30. The van der Waals surface area contributed by atoms with Crippen molar-refractivity contribution in [1.82, 2.24) is 9.80 Å². The highest BCUT2D eigenvalue weighted by molar-refractivity contribution is 7.99. The Balaban J connectivity index is 1.72. The fourth-order valence-electron chi connectivity index (χ4n) is 1.97. The van der Waals surface area contributed by atoms with E-state index in [4.69, 9.17) is 0 Å². The molecule has 2 saturated heterocycles. The third-order valence-corrected chi connectivity index (χ3v) is 3.89. The highest BCUT2D eigenvalue weighted by Crippen LogP contribution is 2.18. The lowest BCUT2D eigenvalue weighted by Gasteiger charge is -2.46. The van der Waals surface area contributed by atoms with Crippen LogP contribution in [0, 0.1) is 0 Å². The number of hydrogen-bond acceptors (Lipinski definition) is 3.